The second-order valence-corrected chi connectivity index (χ2v) is 8.45. The Balaban J connectivity index is 2.14. The van der Waals surface area contributed by atoms with E-state index >= 15 is 0 Å². The zero-order valence-corrected chi connectivity index (χ0v) is 15.4. The van der Waals surface area contributed by atoms with Gasteiger partial charge in [0.05, 0.1) is 5.69 Å². The molecule has 106 valence electrons. The van der Waals surface area contributed by atoms with Gasteiger partial charge in [-0.05, 0) is 87.1 Å². The zero-order valence-electron chi connectivity index (χ0n) is 12.2. The average molecular weight is 389 g/mol. The first-order chi connectivity index (χ1) is 8.78. The molecule has 1 aliphatic rings. The van der Waals surface area contributed by atoms with E-state index in [1.807, 2.05) is 0 Å². The van der Waals surface area contributed by atoms with Gasteiger partial charge in [0, 0.05) is 15.0 Å². The van der Waals surface area contributed by atoms with E-state index in [0.29, 0.717) is 17.4 Å². The highest BCUT2D eigenvalue weighted by Crippen LogP contribution is 2.41. The number of hydrogen-bond acceptors (Lipinski definition) is 1. The normalized spacial score (nSPS) is 26.2. The standard InChI is InChI=1S/C16H23Br2N/c1-10-7-12(17)15(13(18)8-10)19-14-5-6-16(3,4)9-11(14)2/h7-8,11,14,19H,5-6,9H2,1-4H3. The summed E-state index contributed by atoms with van der Waals surface area (Å²) in [7, 11) is 0. The maximum Gasteiger partial charge on any atom is 0.0631 e. The van der Waals surface area contributed by atoms with Gasteiger partial charge in [0.25, 0.3) is 0 Å². The Morgan fingerprint density at radius 1 is 1.21 bits per heavy atom. The largest absolute Gasteiger partial charge is 0.380 e. The lowest BCUT2D eigenvalue weighted by Gasteiger charge is -2.40. The molecule has 19 heavy (non-hydrogen) atoms. The number of anilines is 1. The fourth-order valence-corrected chi connectivity index (χ4v) is 4.83. The molecule has 3 heteroatoms. The maximum atomic E-state index is 3.74. The van der Waals surface area contributed by atoms with Gasteiger partial charge in [0.2, 0.25) is 0 Å². The van der Waals surface area contributed by atoms with E-state index < -0.39 is 0 Å². The highest BCUT2D eigenvalue weighted by molar-refractivity contribution is 9.11. The lowest BCUT2D eigenvalue weighted by Crippen LogP contribution is -2.37. The van der Waals surface area contributed by atoms with Gasteiger partial charge in [-0.2, -0.15) is 0 Å². The van der Waals surface area contributed by atoms with Crippen LogP contribution in [0.5, 0.6) is 0 Å². The van der Waals surface area contributed by atoms with Crippen molar-refractivity contribution in [3.05, 3.63) is 26.6 Å². The van der Waals surface area contributed by atoms with E-state index in [0.717, 1.165) is 8.95 Å². The summed E-state index contributed by atoms with van der Waals surface area (Å²) in [5, 5.41) is 3.74. The summed E-state index contributed by atoms with van der Waals surface area (Å²) in [6.45, 7) is 9.26. The van der Waals surface area contributed by atoms with Crippen molar-refractivity contribution < 1.29 is 0 Å². The molecule has 0 spiro atoms. The number of hydrogen-bond donors (Lipinski definition) is 1. The fourth-order valence-electron chi connectivity index (χ4n) is 3.18. The molecule has 1 aliphatic carbocycles. The van der Waals surface area contributed by atoms with Gasteiger partial charge in [-0.25, -0.2) is 0 Å². The lowest BCUT2D eigenvalue weighted by atomic mass is 9.70. The molecule has 2 atom stereocenters. The van der Waals surface area contributed by atoms with Gasteiger partial charge in [-0.15, -0.1) is 0 Å². The Hall–Kier alpha value is -0.0200. The van der Waals surface area contributed by atoms with E-state index in [2.05, 4.69) is 77.0 Å². The molecular formula is C16H23Br2N. The molecule has 1 aromatic rings. The topological polar surface area (TPSA) is 12.0 Å². The number of nitrogens with one attached hydrogen (secondary N) is 1. The number of benzene rings is 1. The summed E-state index contributed by atoms with van der Waals surface area (Å²) in [4.78, 5) is 0. The second kappa shape index (κ2) is 5.77. The minimum absolute atomic E-state index is 0.499. The van der Waals surface area contributed by atoms with Crippen LogP contribution in [0.3, 0.4) is 0 Å². The quantitative estimate of drug-likeness (QED) is 0.640. The van der Waals surface area contributed by atoms with Crippen molar-refractivity contribution in [3.63, 3.8) is 0 Å². The smallest absolute Gasteiger partial charge is 0.0631 e. The first kappa shape index (κ1) is 15.4. The molecule has 0 heterocycles. The van der Waals surface area contributed by atoms with Crippen LogP contribution in [0.2, 0.25) is 0 Å². The van der Waals surface area contributed by atoms with Crippen LogP contribution in [0.15, 0.2) is 21.1 Å². The van der Waals surface area contributed by atoms with E-state index in [4.69, 9.17) is 0 Å². The van der Waals surface area contributed by atoms with Crippen molar-refractivity contribution >= 4 is 37.5 Å². The minimum Gasteiger partial charge on any atom is -0.380 e. The predicted molar refractivity (Wildman–Crippen MR) is 90.8 cm³/mol. The Labute approximate surface area is 133 Å². The average Bonchev–Trinajstić information content (AvgIpc) is 2.24. The zero-order chi connectivity index (χ0) is 14.2. The summed E-state index contributed by atoms with van der Waals surface area (Å²) in [6, 6.07) is 4.91. The molecule has 1 aromatic carbocycles. The van der Waals surface area contributed by atoms with Gasteiger partial charge in [-0.3, -0.25) is 0 Å². The SMILES string of the molecule is Cc1cc(Br)c(NC2CCC(C)(C)CC2C)c(Br)c1. The molecule has 0 amide bonds. The summed E-state index contributed by atoms with van der Waals surface area (Å²) in [5.41, 5.74) is 2.96. The van der Waals surface area contributed by atoms with Gasteiger partial charge < -0.3 is 5.32 Å². The summed E-state index contributed by atoms with van der Waals surface area (Å²) in [6.07, 6.45) is 3.85. The van der Waals surface area contributed by atoms with Crippen molar-refractivity contribution in [1.82, 2.24) is 0 Å². The second-order valence-electron chi connectivity index (χ2n) is 6.74. The molecule has 0 saturated heterocycles. The third-order valence-electron chi connectivity index (χ3n) is 4.21. The Kier molecular flexibility index (Phi) is 4.67. The van der Waals surface area contributed by atoms with Gasteiger partial charge >= 0.3 is 0 Å². The molecule has 0 bridgehead atoms. The van der Waals surface area contributed by atoms with Crippen LogP contribution in [0, 0.1) is 18.3 Å². The van der Waals surface area contributed by atoms with Crippen LogP contribution in [0.1, 0.15) is 45.6 Å². The molecular weight excluding hydrogens is 366 g/mol. The number of halogens is 2. The van der Waals surface area contributed by atoms with Gasteiger partial charge in [0.15, 0.2) is 0 Å². The van der Waals surface area contributed by atoms with Crippen molar-refractivity contribution in [1.29, 1.82) is 0 Å². The van der Waals surface area contributed by atoms with Crippen LogP contribution in [-0.4, -0.2) is 6.04 Å². The Bertz CT molecular complexity index is 445. The lowest BCUT2D eigenvalue weighted by molar-refractivity contribution is 0.177. The van der Waals surface area contributed by atoms with Gasteiger partial charge in [0.1, 0.15) is 0 Å². The van der Waals surface area contributed by atoms with Gasteiger partial charge in [-0.1, -0.05) is 20.8 Å². The first-order valence-electron chi connectivity index (χ1n) is 7.01. The van der Waals surface area contributed by atoms with Crippen molar-refractivity contribution in [3.8, 4) is 0 Å². The van der Waals surface area contributed by atoms with Crippen LogP contribution >= 0.6 is 31.9 Å². The van der Waals surface area contributed by atoms with Crippen LogP contribution in [-0.2, 0) is 0 Å². The third kappa shape index (κ3) is 3.75. The molecule has 2 rings (SSSR count). The van der Waals surface area contributed by atoms with Crippen LogP contribution in [0.25, 0.3) is 0 Å². The molecule has 1 saturated carbocycles. The highest BCUT2D eigenvalue weighted by Gasteiger charge is 2.32. The molecule has 0 aliphatic heterocycles. The summed E-state index contributed by atoms with van der Waals surface area (Å²) >= 11 is 7.35. The van der Waals surface area contributed by atoms with Crippen LogP contribution in [0.4, 0.5) is 5.69 Å². The maximum absolute atomic E-state index is 3.74. The van der Waals surface area contributed by atoms with Crippen molar-refractivity contribution in [2.45, 2.75) is 53.0 Å². The highest BCUT2D eigenvalue weighted by atomic mass is 79.9. The fraction of sp³-hybridized carbons (Fsp3) is 0.625. The molecule has 2 unspecified atom stereocenters. The van der Waals surface area contributed by atoms with Crippen LogP contribution < -0.4 is 5.32 Å². The molecule has 1 nitrogen and oxygen atoms in total. The Morgan fingerprint density at radius 3 is 2.32 bits per heavy atom. The van der Waals surface area contributed by atoms with E-state index in [9.17, 15) is 0 Å². The summed E-state index contributed by atoms with van der Waals surface area (Å²) < 4.78 is 2.30. The van der Waals surface area contributed by atoms with Crippen molar-refractivity contribution in [2.24, 2.45) is 11.3 Å². The summed E-state index contributed by atoms with van der Waals surface area (Å²) in [5.74, 6) is 0.712. The predicted octanol–water partition coefficient (Wildman–Crippen LogP) is 6.15. The number of aryl methyl sites for hydroxylation is 1. The molecule has 0 radical (unpaired) electrons. The monoisotopic (exact) mass is 387 g/mol. The third-order valence-corrected chi connectivity index (χ3v) is 5.46. The Morgan fingerprint density at radius 2 is 1.79 bits per heavy atom. The molecule has 1 N–H and O–H groups in total. The molecule has 1 fully saturated rings. The first-order valence-corrected chi connectivity index (χ1v) is 8.59. The van der Waals surface area contributed by atoms with Crippen molar-refractivity contribution in [2.75, 3.05) is 5.32 Å². The van der Waals surface area contributed by atoms with E-state index in [1.165, 1.54) is 30.5 Å². The minimum atomic E-state index is 0.499. The number of rotatable bonds is 2. The van der Waals surface area contributed by atoms with E-state index in [-0.39, 0.29) is 0 Å². The molecule has 0 aromatic heterocycles. The van der Waals surface area contributed by atoms with E-state index in [1.54, 1.807) is 0 Å².